The van der Waals surface area contributed by atoms with E-state index in [-0.39, 0.29) is 17.4 Å². The average molecular weight is 446 g/mol. The van der Waals surface area contributed by atoms with Crippen molar-refractivity contribution >= 4 is 45.1 Å². The maximum atomic E-state index is 12.2. The highest BCUT2D eigenvalue weighted by molar-refractivity contribution is 9.10. The van der Waals surface area contributed by atoms with Crippen LogP contribution in [0.3, 0.4) is 0 Å². The zero-order chi connectivity index (χ0) is 19.5. The molecule has 0 aliphatic heterocycles. The second kappa shape index (κ2) is 11.8. The van der Waals surface area contributed by atoms with Gasteiger partial charge in [0.05, 0.1) is 24.1 Å². The lowest BCUT2D eigenvalue weighted by molar-refractivity contribution is -0.122. The van der Waals surface area contributed by atoms with Crippen molar-refractivity contribution in [2.24, 2.45) is 5.92 Å². The number of thiocarbonyl (C=S) groups is 1. The maximum Gasteiger partial charge on any atom is 0.257 e. The van der Waals surface area contributed by atoms with Crippen LogP contribution in [0.1, 0.15) is 37.6 Å². The highest BCUT2D eigenvalue weighted by atomic mass is 79.9. The molecule has 1 aromatic rings. The van der Waals surface area contributed by atoms with Gasteiger partial charge in [-0.1, -0.05) is 13.8 Å². The van der Waals surface area contributed by atoms with Gasteiger partial charge in [0.2, 0.25) is 5.91 Å². The van der Waals surface area contributed by atoms with Crippen LogP contribution in [0, 0.1) is 5.92 Å². The molecule has 1 aromatic carbocycles. The predicted molar refractivity (Wildman–Crippen MR) is 107 cm³/mol. The molecule has 1 rings (SSSR count). The van der Waals surface area contributed by atoms with Gasteiger partial charge in [0.1, 0.15) is 5.75 Å². The zero-order valence-electron chi connectivity index (χ0n) is 15.1. The number of hydrogen-bond acceptors (Lipinski definition) is 5. The summed E-state index contributed by atoms with van der Waals surface area (Å²) in [5.74, 6) is 0.376. The van der Waals surface area contributed by atoms with Gasteiger partial charge >= 0.3 is 0 Å². The molecular formula is C17H24BrN3O4S. The second-order valence-corrected chi connectivity index (χ2v) is 7.02. The number of carbonyl (C=O) groups excluding carboxylic acids is 2. The number of carbonyl (C=O) groups is 2. The molecule has 0 fully saturated rings. The lowest BCUT2D eigenvalue weighted by Gasteiger charge is -2.13. The molecule has 0 heterocycles. The molecule has 0 spiro atoms. The first kappa shape index (κ1) is 22.3. The molecule has 144 valence electrons. The topological polar surface area (TPSA) is 88.7 Å². The van der Waals surface area contributed by atoms with Gasteiger partial charge in [-0.15, -0.1) is 0 Å². The van der Waals surface area contributed by atoms with Crippen LogP contribution >= 0.6 is 28.1 Å². The Hall–Kier alpha value is -1.71. The third kappa shape index (κ3) is 8.59. The predicted octanol–water partition coefficient (Wildman–Crippen LogP) is 2.55. The summed E-state index contributed by atoms with van der Waals surface area (Å²) < 4.78 is 11.4. The van der Waals surface area contributed by atoms with Crippen LogP contribution in [0.2, 0.25) is 0 Å². The summed E-state index contributed by atoms with van der Waals surface area (Å²) in [7, 11) is 0. The lowest BCUT2D eigenvalue weighted by atomic mass is 10.2. The van der Waals surface area contributed by atoms with E-state index in [0.717, 1.165) is 0 Å². The van der Waals surface area contributed by atoms with Gasteiger partial charge in [-0.2, -0.15) is 0 Å². The second-order valence-electron chi connectivity index (χ2n) is 5.75. The van der Waals surface area contributed by atoms with Crippen LogP contribution < -0.4 is 20.9 Å². The van der Waals surface area contributed by atoms with E-state index in [1.807, 2.05) is 6.92 Å². The number of benzene rings is 1. The van der Waals surface area contributed by atoms with Crippen molar-refractivity contribution in [2.45, 2.75) is 27.2 Å². The molecule has 7 nitrogen and oxygen atoms in total. The molecule has 0 aromatic heterocycles. The van der Waals surface area contributed by atoms with Gasteiger partial charge in [-0.05, 0) is 59.2 Å². The molecule has 0 atom stereocenters. The summed E-state index contributed by atoms with van der Waals surface area (Å²) in [4.78, 5) is 23.7. The first-order valence-electron chi connectivity index (χ1n) is 8.23. The van der Waals surface area contributed by atoms with Crippen molar-refractivity contribution in [3.63, 3.8) is 0 Å². The van der Waals surface area contributed by atoms with E-state index in [9.17, 15) is 9.59 Å². The van der Waals surface area contributed by atoms with E-state index < -0.39 is 5.91 Å². The Labute approximate surface area is 167 Å². The molecule has 9 heteroatoms. The van der Waals surface area contributed by atoms with Crippen molar-refractivity contribution in [2.75, 3.05) is 19.8 Å². The smallest absolute Gasteiger partial charge is 0.257 e. The van der Waals surface area contributed by atoms with Crippen LogP contribution in [0.25, 0.3) is 0 Å². The average Bonchev–Trinajstić information content (AvgIpc) is 2.59. The molecule has 0 aliphatic rings. The largest absolute Gasteiger partial charge is 0.492 e. The fourth-order valence-corrected chi connectivity index (χ4v) is 2.36. The normalized spacial score (nSPS) is 10.3. The molecule has 0 unspecified atom stereocenters. The highest BCUT2D eigenvalue weighted by Crippen LogP contribution is 2.26. The first-order valence-corrected chi connectivity index (χ1v) is 9.43. The third-order valence-electron chi connectivity index (χ3n) is 2.99. The fourth-order valence-electron chi connectivity index (χ4n) is 1.72. The summed E-state index contributed by atoms with van der Waals surface area (Å²) in [5, 5.41) is 2.49. The summed E-state index contributed by atoms with van der Waals surface area (Å²) in [6.45, 7) is 7.41. The molecule has 0 saturated heterocycles. The van der Waals surface area contributed by atoms with E-state index in [1.54, 1.807) is 18.2 Å². The Morgan fingerprint density at radius 2 is 2.00 bits per heavy atom. The minimum absolute atomic E-state index is 0.00369. The number of hydrazine groups is 1. The van der Waals surface area contributed by atoms with E-state index in [1.165, 1.54) is 0 Å². The Balaban J connectivity index is 2.47. The number of nitrogens with one attached hydrogen (secondary N) is 3. The Kier molecular flexibility index (Phi) is 10.2. The van der Waals surface area contributed by atoms with Gasteiger partial charge in [0.15, 0.2) is 5.11 Å². The van der Waals surface area contributed by atoms with Gasteiger partial charge in [0, 0.05) is 12.2 Å². The molecule has 0 aliphatic carbocycles. The van der Waals surface area contributed by atoms with Gasteiger partial charge in [0.25, 0.3) is 5.91 Å². The third-order valence-corrected chi connectivity index (χ3v) is 3.81. The van der Waals surface area contributed by atoms with Crippen molar-refractivity contribution in [3.8, 4) is 5.75 Å². The number of amides is 2. The number of hydrogen-bond donors (Lipinski definition) is 3. The van der Waals surface area contributed by atoms with E-state index >= 15 is 0 Å². The molecule has 26 heavy (non-hydrogen) atoms. The Morgan fingerprint density at radius 1 is 1.27 bits per heavy atom. The van der Waals surface area contributed by atoms with Crippen LogP contribution in [0.5, 0.6) is 5.75 Å². The number of rotatable bonds is 8. The molecule has 3 N–H and O–H groups in total. The van der Waals surface area contributed by atoms with Crippen LogP contribution in [-0.4, -0.2) is 36.7 Å². The van der Waals surface area contributed by atoms with Crippen molar-refractivity contribution in [3.05, 3.63) is 28.2 Å². The Bertz CT molecular complexity index is 640. The number of halogens is 1. The summed E-state index contributed by atoms with van der Waals surface area (Å²) in [6, 6.07) is 5.00. The van der Waals surface area contributed by atoms with Crippen LogP contribution in [0.15, 0.2) is 22.7 Å². The van der Waals surface area contributed by atoms with Gasteiger partial charge < -0.3 is 9.47 Å². The van der Waals surface area contributed by atoms with Crippen molar-refractivity contribution in [1.29, 1.82) is 0 Å². The van der Waals surface area contributed by atoms with Gasteiger partial charge in [-0.3, -0.25) is 25.8 Å². The standard InChI is InChI=1S/C17H24BrN3O4S/c1-4-24-8-7-15(22)20-21-17(26)19-16(23)12-5-6-14(13(18)9-12)25-10-11(2)3/h5-6,9,11H,4,7-8,10H2,1-3H3,(H,20,22)(H2,19,21,23,26). The summed E-state index contributed by atoms with van der Waals surface area (Å²) in [5.41, 5.74) is 5.27. The van der Waals surface area contributed by atoms with Crippen LogP contribution in [-0.2, 0) is 9.53 Å². The van der Waals surface area contributed by atoms with Crippen molar-refractivity contribution < 1.29 is 19.1 Å². The van der Waals surface area contributed by atoms with E-state index in [0.29, 0.717) is 41.5 Å². The lowest BCUT2D eigenvalue weighted by Crippen LogP contribution is -2.48. The van der Waals surface area contributed by atoms with Crippen molar-refractivity contribution in [1.82, 2.24) is 16.2 Å². The minimum Gasteiger partial charge on any atom is -0.492 e. The maximum absolute atomic E-state index is 12.2. The molecule has 0 bridgehead atoms. The van der Waals surface area contributed by atoms with Crippen LogP contribution in [0.4, 0.5) is 0 Å². The first-order chi connectivity index (χ1) is 12.3. The van der Waals surface area contributed by atoms with E-state index in [4.69, 9.17) is 21.7 Å². The molecule has 0 saturated carbocycles. The Morgan fingerprint density at radius 3 is 2.62 bits per heavy atom. The van der Waals surface area contributed by atoms with Gasteiger partial charge in [-0.25, -0.2) is 0 Å². The molecule has 0 radical (unpaired) electrons. The molecular weight excluding hydrogens is 422 g/mol. The zero-order valence-corrected chi connectivity index (χ0v) is 17.5. The monoisotopic (exact) mass is 445 g/mol. The quantitative estimate of drug-likeness (QED) is 0.323. The summed E-state index contributed by atoms with van der Waals surface area (Å²) in [6.07, 6.45) is 0.197. The SMILES string of the molecule is CCOCCC(=O)NNC(=S)NC(=O)c1ccc(OCC(C)C)c(Br)c1. The number of ether oxygens (including phenoxy) is 2. The fraction of sp³-hybridized carbons (Fsp3) is 0.471. The molecule has 2 amide bonds. The minimum atomic E-state index is -0.401. The summed E-state index contributed by atoms with van der Waals surface area (Å²) >= 11 is 8.38. The van der Waals surface area contributed by atoms with E-state index in [2.05, 4.69) is 45.9 Å². The highest BCUT2D eigenvalue weighted by Gasteiger charge is 2.11.